The Hall–Kier alpha value is -2.39. The lowest BCUT2D eigenvalue weighted by atomic mass is 10.1. The summed E-state index contributed by atoms with van der Waals surface area (Å²) < 4.78 is 2.14. The highest BCUT2D eigenvalue weighted by Gasteiger charge is 2.20. The Morgan fingerprint density at radius 2 is 2.04 bits per heavy atom. The van der Waals surface area contributed by atoms with Gasteiger partial charge in [-0.15, -0.1) is 0 Å². The third kappa shape index (κ3) is 2.37. The smallest absolute Gasteiger partial charge is 0.107 e. The largest absolute Gasteiger partial charge is 0.315 e. The number of aryl methyl sites for hydroxylation is 1. The number of benzene rings is 1. The number of rotatable bonds is 2. The zero-order valence-electron chi connectivity index (χ0n) is 12.8. The monoisotopic (exact) mass is 321 g/mol. The van der Waals surface area contributed by atoms with Crippen molar-refractivity contribution in [1.82, 2.24) is 9.55 Å². The van der Waals surface area contributed by atoms with Gasteiger partial charge in [-0.3, -0.25) is 9.98 Å². The van der Waals surface area contributed by atoms with Gasteiger partial charge >= 0.3 is 0 Å². The van der Waals surface area contributed by atoms with E-state index in [0.717, 1.165) is 39.8 Å². The number of halogens is 1. The molecule has 4 rings (SSSR count). The van der Waals surface area contributed by atoms with Crippen LogP contribution < -0.4 is 0 Å². The third-order valence-corrected chi connectivity index (χ3v) is 4.57. The van der Waals surface area contributed by atoms with E-state index in [1.54, 1.807) is 0 Å². The van der Waals surface area contributed by atoms with Gasteiger partial charge in [0, 0.05) is 23.0 Å². The molecule has 114 valence electrons. The van der Waals surface area contributed by atoms with Crippen LogP contribution in [0, 0.1) is 0 Å². The van der Waals surface area contributed by atoms with Crippen LogP contribution in [0.15, 0.2) is 59.9 Å². The minimum Gasteiger partial charge on any atom is -0.315 e. The predicted octanol–water partition coefficient (Wildman–Crippen LogP) is 4.44. The highest BCUT2D eigenvalue weighted by atomic mass is 35.5. The summed E-state index contributed by atoms with van der Waals surface area (Å²) in [6, 6.07) is 14.2. The second kappa shape index (κ2) is 5.67. The second-order valence-electron chi connectivity index (χ2n) is 5.57. The molecule has 1 aromatic carbocycles. The molecule has 0 saturated carbocycles. The van der Waals surface area contributed by atoms with Crippen LogP contribution in [0.1, 0.15) is 29.4 Å². The van der Waals surface area contributed by atoms with Crippen molar-refractivity contribution < 1.29 is 0 Å². The van der Waals surface area contributed by atoms with Crippen molar-refractivity contribution in [2.75, 3.05) is 0 Å². The van der Waals surface area contributed by atoms with Crippen LogP contribution in [0.2, 0.25) is 5.02 Å². The molecule has 0 aliphatic carbocycles. The first-order valence-corrected chi connectivity index (χ1v) is 8.11. The van der Waals surface area contributed by atoms with Gasteiger partial charge in [-0.1, -0.05) is 30.7 Å². The first-order valence-electron chi connectivity index (χ1n) is 7.73. The van der Waals surface area contributed by atoms with Crippen molar-refractivity contribution in [2.45, 2.75) is 19.9 Å². The molecular weight excluding hydrogens is 306 g/mol. The van der Waals surface area contributed by atoms with Crippen molar-refractivity contribution in [3.05, 3.63) is 82.4 Å². The van der Waals surface area contributed by atoms with Gasteiger partial charge in [0.1, 0.15) is 5.71 Å². The van der Waals surface area contributed by atoms with Gasteiger partial charge in [-0.25, -0.2) is 0 Å². The summed E-state index contributed by atoms with van der Waals surface area (Å²) >= 11 is 6.38. The molecule has 1 aliphatic rings. The topological polar surface area (TPSA) is 30.2 Å². The number of hydrogen-bond acceptors (Lipinski definition) is 2. The molecule has 0 fully saturated rings. The van der Waals surface area contributed by atoms with Gasteiger partial charge in [0.2, 0.25) is 0 Å². The lowest BCUT2D eigenvalue weighted by molar-refractivity contribution is 1.02. The van der Waals surface area contributed by atoms with Crippen LogP contribution in [0.4, 0.5) is 0 Å². The lowest BCUT2D eigenvalue weighted by Crippen LogP contribution is -2.10. The van der Waals surface area contributed by atoms with Gasteiger partial charge in [0.15, 0.2) is 0 Å². The van der Waals surface area contributed by atoms with Crippen molar-refractivity contribution in [3.63, 3.8) is 0 Å². The molecule has 3 aromatic rings. The minimum absolute atomic E-state index is 0.559. The van der Waals surface area contributed by atoms with E-state index >= 15 is 0 Å². The van der Waals surface area contributed by atoms with E-state index in [1.807, 2.05) is 36.7 Å². The van der Waals surface area contributed by atoms with Gasteiger partial charge in [0.05, 0.1) is 23.6 Å². The van der Waals surface area contributed by atoms with Crippen LogP contribution in [-0.4, -0.2) is 15.3 Å². The normalized spacial score (nSPS) is 13.0. The molecule has 4 heteroatoms. The van der Waals surface area contributed by atoms with Crippen molar-refractivity contribution >= 4 is 17.3 Å². The Morgan fingerprint density at radius 3 is 2.83 bits per heavy atom. The third-order valence-electron chi connectivity index (χ3n) is 4.22. The Bertz CT molecular complexity index is 891. The Balaban J connectivity index is 1.89. The first kappa shape index (κ1) is 14.2. The van der Waals surface area contributed by atoms with E-state index in [-0.39, 0.29) is 0 Å². The van der Waals surface area contributed by atoms with Crippen molar-refractivity contribution in [2.24, 2.45) is 4.99 Å². The lowest BCUT2D eigenvalue weighted by Gasteiger charge is -2.11. The minimum atomic E-state index is 0.559. The average molecular weight is 322 g/mol. The quantitative estimate of drug-likeness (QED) is 0.686. The van der Waals surface area contributed by atoms with E-state index < -0.39 is 0 Å². The van der Waals surface area contributed by atoms with Crippen molar-refractivity contribution in [3.8, 4) is 5.69 Å². The molecule has 0 saturated heterocycles. The zero-order chi connectivity index (χ0) is 15.8. The van der Waals surface area contributed by atoms with Crippen LogP contribution in [0.5, 0.6) is 0 Å². The maximum Gasteiger partial charge on any atom is 0.107 e. The molecule has 0 atom stereocenters. The molecule has 0 radical (unpaired) electrons. The SMILES string of the molecule is CCc1ccc(C2=NCc3c(Cl)cccc3-n3cccc32)nc1. The van der Waals surface area contributed by atoms with Crippen LogP contribution >= 0.6 is 11.6 Å². The average Bonchev–Trinajstić information content (AvgIpc) is 3.00. The highest BCUT2D eigenvalue weighted by Crippen LogP contribution is 2.29. The summed E-state index contributed by atoms with van der Waals surface area (Å²) in [7, 11) is 0. The summed E-state index contributed by atoms with van der Waals surface area (Å²) in [6.07, 6.45) is 4.96. The molecule has 3 nitrogen and oxygen atoms in total. The number of pyridine rings is 1. The Morgan fingerprint density at radius 1 is 1.13 bits per heavy atom. The molecule has 0 unspecified atom stereocenters. The zero-order valence-corrected chi connectivity index (χ0v) is 13.6. The maximum atomic E-state index is 6.38. The van der Waals surface area contributed by atoms with Crippen LogP contribution in [-0.2, 0) is 13.0 Å². The fraction of sp³-hybridized carbons (Fsp3) is 0.158. The number of aliphatic imine (C=N–C) groups is 1. The molecule has 1 aliphatic heterocycles. The summed E-state index contributed by atoms with van der Waals surface area (Å²) in [5.41, 5.74) is 6.21. The summed E-state index contributed by atoms with van der Waals surface area (Å²) in [4.78, 5) is 9.42. The highest BCUT2D eigenvalue weighted by molar-refractivity contribution is 6.31. The van der Waals surface area contributed by atoms with Gasteiger partial charge < -0.3 is 4.57 Å². The van der Waals surface area contributed by atoms with E-state index in [0.29, 0.717) is 6.54 Å². The van der Waals surface area contributed by atoms with Crippen molar-refractivity contribution in [1.29, 1.82) is 0 Å². The number of nitrogens with zero attached hydrogens (tertiary/aromatic N) is 3. The van der Waals surface area contributed by atoms with Crippen LogP contribution in [0.25, 0.3) is 5.69 Å². The van der Waals surface area contributed by atoms with Gasteiger partial charge in [-0.2, -0.15) is 0 Å². The van der Waals surface area contributed by atoms with Gasteiger partial charge in [-0.05, 0) is 42.3 Å². The predicted molar refractivity (Wildman–Crippen MR) is 93.7 cm³/mol. The molecule has 3 heterocycles. The number of hydrogen-bond donors (Lipinski definition) is 0. The second-order valence-corrected chi connectivity index (χ2v) is 5.98. The van der Waals surface area contributed by atoms with Gasteiger partial charge in [0.25, 0.3) is 0 Å². The summed E-state index contributed by atoms with van der Waals surface area (Å²) in [5.74, 6) is 0. The van der Waals surface area contributed by atoms with E-state index in [4.69, 9.17) is 16.6 Å². The Kier molecular flexibility index (Phi) is 3.50. The Labute approximate surface area is 140 Å². The number of fused-ring (bicyclic) bond motifs is 3. The van der Waals surface area contributed by atoms with Crippen LogP contribution in [0.3, 0.4) is 0 Å². The number of aromatic nitrogens is 2. The first-order chi connectivity index (χ1) is 11.3. The van der Waals surface area contributed by atoms with E-state index in [2.05, 4.69) is 34.7 Å². The summed E-state index contributed by atoms with van der Waals surface area (Å²) in [5, 5.41) is 0.751. The molecule has 0 bridgehead atoms. The molecule has 0 N–H and O–H groups in total. The molecule has 23 heavy (non-hydrogen) atoms. The standard InChI is InChI=1S/C19H16ClN3/c1-2-13-8-9-16(21-11-13)19-18-7-4-10-23(18)17-6-3-5-15(20)14(17)12-22-19/h3-11H,2,12H2,1H3. The molecule has 0 spiro atoms. The fourth-order valence-electron chi connectivity index (χ4n) is 2.94. The molecule has 2 aromatic heterocycles. The molecule has 0 amide bonds. The molecular formula is C19H16ClN3. The maximum absolute atomic E-state index is 6.38. The van der Waals surface area contributed by atoms with E-state index in [9.17, 15) is 0 Å². The van der Waals surface area contributed by atoms with E-state index in [1.165, 1.54) is 5.56 Å². The fourth-order valence-corrected chi connectivity index (χ4v) is 3.17. The summed E-state index contributed by atoms with van der Waals surface area (Å²) in [6.45, 7) is 2.69.